The van der Waals surface area contributed by atoms with Crippen molar-refractivity contribution in [1.29, 1.82) is 0 Å². The normalized spacial score (nSPS) is 10.2. The predicted molar refractivity (Wildman–Crippen MR) is 108 cm³/mol. The van der Waals surface area contributed by atoms with Crippen LogP contribution in [0.25, 0.3) is 0 Å². The van der Waals surface area contributed by atoms with E-state index in [0.717, 1.165) is 11.1 Å². The molecule has 0 bridgehead atoms. The van der Waals surface area contributed by atoms with E-state index in [1.165, 1.54) is 0 Å². The molecule has 0 atom stereocenters. The first-order valence-electron chi connectivity index (χ1n) is 9.35. The zero-order valence-corrected chi connectivity index (χ0v) is 16.1. The maximum Gasteiger partial charge on any atom is 0.306 e. The van der Waals surface area contributed by atoms with Gasteiger partial charge >= 0.3 is 5.97 Å². The van der Waals surface area contributed by atoms with E-state index in [0.29, 0.717) is 31.6 Å². The van der Waals surface area contributed by atoms with Gasteiger partial charge in [-0.25, -0.2) is 0 Å². The molecular weight excluding hydrogens is 356 g/mol. The molecule has 0 saturated carbocycles. The first-order chi connectivity index (χ1) is 13.6. The highest BCUT2D eigenvalue weighted by Crippen LogP contribution is 2.12. The van der Waals surface area contributed by atoms with Crippen molar-refractivity contribution in [3.8, 4) is 0 Å². The number of carbonyl (C=O) groups is 3. The largest absolute Gasteiger partial charge is 0.465 e. The Kier molecular flexibility index (Phi) is 8.72. The smallest absolute Gasteiger partial charge is 0.306 e. The van der Waals surface area contributed by atoms with Gasteiger partial charge in [-0.3, -0.25) is 14.4 Å². The maximum absolute atomic E-state index is 12.0. The highest BCUT2D eigenvalue weighted by atomic mass is 16.5. The maximum atomic E-state index is 12.0. The summed E-state index contributed by atoms with van der Waals surface area (Å²) in [7, 11) is 1.61. The van der Waals surface area contributed by atoms with Crippen LogP contribution in [0.5, 0.6) is 0 Å². The van der Waals surface area contributed by atoms with Gasteiger partial charge in [0, 0.05) is 32.0 Å². The number of carbonyl (C=O) groups excluding carboxylic acids is 3. The molecule has 0 aliphatic rings. The van der Waals surface area contributed by atoms with E-state index in [9.17, 15) is 14.4 Å². The van der Waals surface area contributed by atoms with Crippen LogP contribution in [-0.2, 0) is 32.0 Å². The summed E-state index contributed by atoms with van der Waals surface area (Å²) in [6, 6.07) is 17.1. The second-order valence-corrected chi connectivity index (χ2v) is 6.37. The zero-order chi connectivity index (χ0) is 20.2. The number of hydrogen-bond donors (Lipinski definition) is 2. The van der Waals surface area contributed by atoms with E-state index >= 15 is 0 Å². The number of esters is 1. The van der Waals surface area contributed by atoms with E-state index in [2.05, 4.69) is 10.6 Å². The Hall–Kier alpha value is -3.15. The van der Waals surface area contributed by atoms with Gasteiger partial charge in [-0.1, -0.05) is 42.5 Å². The molecule has 28 heavy (non-hydrogen) atoms. The van der Waals surface area contributed by atoms with Crippen LogP contribution in [0.3, 0.4) is 0 Å². The van der Waals surface area contributed by atoms with Gasteiger partial charge in [-0.05, 0) is 29.7 Å². The fourth-order valence-corrected chi connectivity index (χ4v) is 2.58. The second kappa shape index (κ2) is 11.5. The molecule has 0 aliphatic heterocycles. The fourth-order valence-electron chi connectivity index (χ4n) is 2.58. The Labute approximate surface area is 165 Å². The Morgan fingerprint density at radius 1 is 0.786 bits per heavy atom. The van der Waals surface area contributed by atoms with Crippen molar-refractivity contribution in [2.75, 3.05) is 19.0 Å². The molecule has 0 spiro atoms. The van der Waals surface area contributed by atoms with Gasteiger partial charge < -0.3 is 15.4 Å². The highest BCUT2D eigenvalue weighted by molar-refractivity contribution is 5.92. The third-order valence-corrected chi connectivity index (χ3v) is 4.21. The molecule has 2 N–H and O–H groups in total. The summed E-state index contributed by atoms with van der Waals surface area (Å²) in [5, 5.41) is 5.34. The number of benzene rings is 2. The molecule has 2 amide bonds. The minimum Gasteiger partial charge on any atom is -0.465 e. The van der Waals surface area contributed by atoms with Crippen LogP contribution in [0.15, 0.2) is 54.6 Å². The molecule has 0 heterocycles. The minimum absolute atomic E-state index is 0.00645. The summed E-state index contributed by atoms with van der Waals surface area (Å²) in [6.07, 6.45) is 1.84. The van der Waals surface area contributed by atoms with Gasteiger partial charge in [0.15, 0.2) is 0 Å². The number of amides is 2. The van der Waals surface area contributed by atoms with Crippen molar-refractivity contribution in [3.63, 3.8) is 0 Å². The van der Waals surface area contributed by atoms with Crippen LogP contribution in [0, 0.1) is 0 Å². The van der Waals surface area contributed by atoms with Gasteiger partial charge in [-0.15, -0.1) is 0 Å². The molecular formula is C22H26N2O4. The summed E-state index contributed by atoms with van der Waals surface area (Å²) in [5.74, 6) is -0.623. The Morgan fingerprint density at radius 3 is 2.14 bits per heavy atom. The van der Waals surface area contributed by atoms with Crippen LogP contribution in [0.1, 0.15) is 30.4 Å². The molecule has 2 aromatic carbocycles. The number of nitrogens with one attached hydrogen (secondary N) is 2. The van der Waals surface area contributed by atoms with Crippen molar-refractivity contribution >= 4 is 23.5 Å². The van der Waals surface area contributed by atoms with Crippen molar-refractivity contribution < 1.29 is 19.1 Å². The third kappa shape index (κ3) is 8.03. The zero-order valence-electron chi connectivity index (χ0n) is 16.1. The molecule has 0 fully saturated rings. The highest BCUT2D eigenvalue weighted by Gasteiger charge is 2.09. The van der Waals surface area contributed by atoms with Crippen molar-refractivity contribution in [1.82, 2.24) is 5.32 Å². The molecule has 2 rings (SSSR count). The molecule has 148 valence electrons. The third-order valence-electron chi connectivity index (χ3n) is 4.21. The summed E-state index contributed by atoms with van der Waals surface area (Å²) < 4.78 is 5.17. The van der Waals surface area contributed by atoms with E-state index < -0.39 is 0 Å². The number of hydrogen-bond acceptors (Lipinski definition) is 4. The van der Waals surface area contributed by atoms with Crippen LogP contribution in [0.2, 0.25) is 0 Å². The first-order valence-corrected chi connectivity index (χ1v) is 9.35. The predicted octanol–water partition coefficient (Wildman–Crippen LogP) is 2.87. The number of aryl methyl sites for hydroxylation is 1. The van der Waals surface area contributed by atoms with Gasteiger partial charge in [0.05, 0.1) is 13.0 Å². The lowest BCUT2D eigenvalue weighted by atomic mass is 10.1. The van der Waals surface area contributed by atoms with Crippen molar-refractivity contribution in [2.24, 2.45) is 0 Å². The number of ether oxygens (including phenoxy) is 1. The standard InChI is InChI=1S/C22H26N2O4/c1-23-20(25)12-9-18-7-10-19(11-8-18)24-21(26)13-14-22(27)28-16-15-17-5-3-2-4-6-17/h2-8,10-11H,9,12-16H2,1H3,(H,23,25)(H,24,26). The molecule has 0 saturated heterocycles. The summed E-state index contributed by atoms with van der Waals surface area (Å²) in [6.45, 7) is 0.308. The first kappa shape index (κ1) is 21.2. The quantitative estimate of drug-likeness (QED) is 0.619. The number of anilines is 1. The van der Waals surface area contributed by atoms with E-state index in [1.54, 1.807) is 19.2 Å². The molecule has 0 unspecified atom stereocenters. The van der Waals surface area contributed by atoms with Gasteiger partial charge in [-0.2, -0.15) is 0 Å². The summed E-state index contributed by atoms with van der Waals surface area (Å²) >= 11 is 0. The lowest BCUT2D eigenvalue weighted by molar-refractivity contribution is -0.144. The van der Waals surface area contributed by atoms with Crippen LogP contribution in [0.4, 0.5) is 5.69 Å². The average molecular weight is 382 g/mol. The number of rotatable bonds is 10. The molecule has 0 aliphatic carbocycles. The van der Waals surface area contributed by atoms with Crippen LogP contribution < -0.4 is 10.6 Å². The van der Waals surface area contributed by atoms with Crippen molar-refractivity contribution in [3.05, 3.63) is 65.7 Å². The van der Waals surface area contributed by atoms with Gasteiger partial charge in [0.1, 0.15) is 0 Å². The summed E-state index contributed by atoms with van der Waals surface area (Å²) in [5.41, 5.74) is 2.78. The van der Waals surface area contributed by atoms with E-state index in [-0.39, 0.29) is 30.6 Å². The van der Waals surface area contributed by atoms with Crippen LogP contribution >= 0.6 is 0 Å². The van der Waals surface area contributed by atoms with Gasteiger partial charge in [0.2, 0.25) is 11.8 Å². The van der Waals surface area contributed by atoms with E-state index in [4.69, 9.17) is 4.74 Å². The Bertz CT molecular complexity index is 773. The average Bonchev–Trinajstić information content (AvgIpc) is 2.72. The molecule has 6 nitrogen and oxygen atoms in total. The Balaban J connectivity index is 1.64. The molecule has 2 aromatic rings. The fraction of sp³-hybridized carbons (Fsp3) is 0.318. The Morgan fingerprint density at radius 2 is 1.46 bits per heavy atom. The SMILES string of the molecule is CNC(=O)CCc1ccc(NC(=O)CCC(=O)OCCc2ccccc2)cc1. The van der Waals surface area contributed by atoms with Crippen molar-refractivity contribution in [2.45, 2.75) is 32.1 Å². The lowest BCUT2D eigenvalue weighted by Crippen LogP contribution is -2.18. The summed E-state index contributed by atoms with van der Waals surface area (Å²) in [4.78, 5) is 35.0. The lowest BCUT2D eigenvalue weighted by Gasteiger charge is -2.07. The van der Waals surface area contributed by atoms with Crippen LogP contribution in [-0.4, -0.2) is 31.4 Å². The monoisotopic (exact) mass is 382 g/mol. The van der Waals surface area contributed by atoms with Gasteiger partial charge in [0.25, 0.3) is 0 Å². The minimum atomic E-state index is -0.379. The topological polar surface area (TPSA) is 84.5 Å². The second-order valence-electron chi connectivity index (χ2n) is 6.37. The molecule has 6 heteroatoms. The molecule has 0 aromatic heterocycles. The molecule has 0 radical (unpaired) electrons. The van der Waals surface area contributed by atoms with E-state index in [1.807, 2.05) is 42.5 Å².